The van der Waals surface area contributed by atoms with Crippen molar-refractivity contribution < 1.29 is 9.59 Å². The molecule has 0 unspecified atom stereocenters. The first-order valence-electron chi connectivity index (χ1n) is 11.2. The average molecular weight is 403 g/mol. The van der Waals surface area contributed by atoms with Crippen molar-refractivity contribution in [3.05, 3.63) is 65.7 Å². The first kappa shape index (κ1) is 19.3. The maximum atomic E-state index is 13.3. The summed E-state index contributed by atoms with van der Waals surface area (Å²) in [6.07, 6.45) is 7.11. The Morgan fingerprint density at radius 2 is 1.57 bits per heavy atom. The molecule has 4 saturated carbocycles. The number of amides is 2. The van der Waals surface area contributed by atoms with Gasteiger partial charge in [0, 0.05) is 24.8 Å². The van der Waals surface area contributed by atoms with Gasteiger partial charge in [-0.15, -0.1) is 0 Å². The zero-order valence-electron chi connectivity index (χ0n) is 17.6. The van der Waals surface area contributed by atoms with E-state index in [1.165, 1.54) is 19.3 Å². The van der Waals surface area contributed by atoms with Crippen LogP contribution in [0.25, 0.3) is 0 Å². The largest absolute Gasteiger partial charge is 0.337 e. The molecule has 4 heteroatoms. The van der Waals surface area contributed by atoms with Crippen molar-refractivity contribution in [2.24, 2.45) is 23.2 Å². The summed E-state index contributed by atoms with van der Waals surface area (Å²) in [4.78, 5) is 28.0. The lowest BCUT2D eigenvalue weighted by atomic mass is 9.49. The third-order valence-electron chi connectivity index (χ3n) is 7.50. The number of carbonyl (C=O) groups is 2. The van der Waals surface area contributed by atoms with Gasteiger partial charge in [0.05, 0.1) is 5.41 Å². The Morgan fingerprint density at radius 1 is 0.933 bits per heavy atom. The molecule has 2 aromatic carbocycles. The SMILES string of the molecule is CN(Cc1ccccc1)C(=O)c1cccc(NC(=O)C23CC4CC(CC(C4)C2)C3)c1. The molecule has 0 radical (unpaired) electrons. The molecule has 156 valence electrons. The van der Waals surface area contributed by atoms with Gasteiger partial charge in [-0.1, -0.05) is 36.4 Å². The molecule has 4 fully saturated rings. The molecule has 4 nitrogen and oxygen atoms in total. The topological polar surface area (TPSA) is 49.4 Å². The Balaban J connectivity index is 1.28. The van der Waals surface area contributed by atoms with E-state index >= 15 is 0 Å². The molecule has 2 amide bonds. The third-order valence-corrected chi connectivity index (χ3v) is 7.50. The van der Waals surface area contributed by atoms with Crippen LogP contribution in [0.15, 0.2) is 54.6 Å². The normalized spacial score (nSPS) is 28.9. The molecule has 2 aromatic rings. The second-order valence-corrected chi connectivity index (χ2v) is 9.88. The van der Waals surface area contributed by atoms with E-state index in [1.54, 1.807) is 4.90 Å². The Morgan fingerprint density at radius 3 is 2.20 bits per heavy atom. The highest BCUT2D eigenvalue weighted by Gasteiger charge is 2.54. The summed E-state index contributed by atoms with van der Waals surface area (Å²) < 4.78 is 0. The van der Waals surface area contributed by atoms with Crippen molar-refractivity contribution in [1.82, 2.24) is 4.90 Å². The number of hydrogen-bond donors (Lipinski definition) is 1. The van der Waals surface area contributed by atoms with Crippen LogP contribution < -0.4 is 5.32 Å². The Labute approximate surface area is 178 Å². The molecule has 6 rings (SSSR count). The van der Waals surface area contributed by atoms with Crippen LogP contribution in [0.5, 0.6) is 0 Å². The minimum atomic E-state index is -0.182. The van der Waals surface area contributed by atoms with Crippen molar-refractivity contribution in [2.75, 3.05) is 12.4 Å². The van der Waals surface area contributed by atoms with E-state index < -0.39 is 0 Å². The maximum Gasteiger partial charge on any atom is 0.253 e. The molecule has 0 atom stereocenters. The van der Waals surface area contributed by atoms with E-state index in [2.05, 4.69) is 5.32 Å². The van der Waals surface area contributed by atoms with Crippen molar-refractivity contribution in [2.45, 2.75) is 45.1 Å². The van der Waals surface area contributed by atoms with E-state index in [0.717, 1.165) is 48.3 Å². The fraction of sp³-hybridized carbons (Fsp3) is 0.462. The number of carbonyl (C=O) groups excluding carboxylic acids is 2. The molecular weight excluding hydrogens is 372 g/mol. The molecule has 0 heterocycles. The van der Waals surface area contributed by atoms with Crippen LogP contribution in [0, 0.1) is 23.2 Å². The zero-order chi connectivity index (χ0) is 20.7. The van der Waals surface area contributed by atoms with Crippen LogP contribution in [-0.2, 0) is 11.3 Å². The maximum absolute atomic E-state index is 13.3. The fourth-order valence-electron chi connectivity index (χ4n) is 6.53. The van der Waals surface area contributed by atoms with Gasteiger partial charge in [-0.2, -0.15) is 0 Å². The summed E-state index contributed by atoms with van der Waals surface area (Å²) in [7, 11) is 1.82. The molecule has 4 aliphatic carbocycles. The van der Waals surface area contributed by atoms with Gasteiger partial charge in [0.2, 0.25) is 5.91 Å². The molecule has 4 aliphatic rings. The van der Waals surface area contributed by atoms with Crippen molar-refractivity contribution in [1.29, 1.82) is 0 Å². The molecule has 0 saturated heterocycles. The van der Waals surface area contributed by atoms with Crippen LogP contribution in [0.3, 0.4) is 0 Å². The van der Waals surface area contributed by atoms with Gasteiger partial charge in [0.1, 0.15) is 0 Å². The molecular formula is C26H30N2O2. The quantitative estimate of drug-likeness (QED) is 0.755. The van der Waals surface area contributed by atoms with Gasteiger partial charge < -0.3 is 10.2 Å². The number of benzene rings is 2. The molecule has 0 aliphatic heterocycles. The number of rotatable bonds is 5. The van der Waals surface area contributed by atoms with Crippen LogP contribution in [0.2, 0.25) is 0 Å². The smallest absolute Gasteiger partial charge is 0.253 e. The molecule has 30 heavy (non-hydrogen) atoms. The fourth-order valence-corrected chi connectivity index (χ4v) is 6.53. The van der Waals surface area contributed by atoms with E-state index in [-0.39, 0.29) is 17.2 Å². The van der Waals surface area contributed by atoms with Gasteiger partial charge in [0.25, 0.3) is 5.91 Å². The standard InChI is InChI=1S/C26H30N2O2/c1-28(17-18-6-3-2-4-7-18)24(29)22-8-5-9-23(13-22)27-25(30)26-14-19-10-20(15-26)12-21(11-19)16-26/h2-9,13,19-21H,10-12,14-17H2,1H3,(H,27,30). The van der Waals surface area contributed by atoms with Crippen molar-refractivity contribution in [3.8, 4) is 0 Å². The van der Waals surface area contributed by atoms with E-state index in [9.17, 15) is 9.59 Å². The highest BCUT2D eigenvalue weighted by molar-refractivity contribution is 5.99. The highest BCUT2D eigenvalue weighted by Crippen LogP contribution is 2.60. The number of hydrogen-bond acceptors (Lipinski definition) is 2. The Bertz CT molecular complexity index is 917. The molecule has 4 bridgehead atoms. The van der Waals surface area contributed by atoms with Gasteiger partial charge in [-0.25, -0.2) is 0 Å². The zero-order valence-corrected chi connectivity index (χ0v) is 17.6. The van der Waals surface area contributed by atoms with Crippen LogP contribution in [-0.4, -0.2) is 23.8 Å². The molecule has 0 aromatic heterocycles. The van der Waals surface area contributed by atoms with Crippen LogP contribution >= 0.6 is 0 Å². The van der Waals surface area contributed by atoms with Gasteiger partial charge in [-0.05, 0) is 80.0 Å². The second-order valence-electron chi connectivity index (χ2n) is 9.88. The molecule has 1 N–H and O–H groups in total. The van der Waals surface area contributed by atoms with E-state index in [4.69, 9.17) is 0 Å². The number of nitrogens with zero attached hydrogens (tertiary/aromatic N) is 1. The summed E-state index contributed by atoms with van der Waals surface area (Å²) in [5, 5.41) is 3.17. The van der Waals surface area contributed by atoms with E-state index in [1.807, 2.05) is 61.6 Å². The Hall–Kier alpha value is -2.62. The second kappa shape index (κ2) is 7.57. The first-order chi connectivity index (χ1) is 14.5. The lowest BCUT2D eigenvalue weighted by Crippen LogP contribution is -2.51. The number of anilines is 1. The van der Waals surface area contributed by atoms with Crippen molar-refractivity contribution >= 4 is 17.5 Å². The minimum Gasteiger partial charge on any atom is -0.337 e. The summed E-state index contributed by atoms with van der Waals surface area (Å²) in [6.45, 7) is 0.559. The number of nitrogens with one attached hydrogen (secondary N) is 1. The predicted molar refractivity (Wildman–Crippen MR) is 118 cm³/mol. The lowest BCUT2D eigenvalue weighted by Gasteiger charge is -2.55. The summed E-state index contributed by atoms with van der Waals surface area (Å²) >= 11 is 0. The van der Waals surface area contributed by atoms with Gasteiger partial charge >= 0.3 is 0 Å². The molecule has 0 spiro atoms. The van der Waals surface area contributed by atoms with Crippen LogP contribution in [0.4, 0.5) is 5.69 Å². The monoisotopic (exact) mass is 402 g/mol. The third kappa shape index (κ3) is 3.64. The van der Waals surface area contributed by atoms with Gasteiger partial charge in [-0.3, -0.25) is 9.59 Å². The van der Waals surface area contributed by atoms with Gasteiger partial charge in [0.15, 0.2) is 0 Å². The summed E-state index contributed by atoms with van der Waals surface area (Å²) in [5.41, 5.74) is 2.25. The lowest BCUT2D eigenvalue weighted by molar-refractivity contribution is -0.140. The summed E-state index contributed by atoms with van der Waals surface area (Å²) in [5.74, 6) is 2.35. The predicted octanol–water partition coefficient (Wildman–Crippen LogP) is 5.11. The Kier molecular flexibility index (Phi) is 4.88. The van der Waals surface area contributed by atoms with Crippen molar-refractivity contribution in [3.63, 3.8) is 0 Å². The highest BCUT2D eigenvalue weighted by atomic mass is 16.2. The van der Waals surface area contributed by atoms with Crippen LogP contribution in [0.1, 0.15) is 54.4 Å². The first-order valence-corrected chi connectivity index (χ1v) is 11.2. The minimum absolute atomic E-state index is 0.0373. The summed E-state index contributed by atoms with van der Waals surface area (Å²) in [6, 6.07) is 17.4. The average Bonchev–Trinajstić information content (AvgIpc) is 2.73. The van der Waals surface area contributed by atoms with E-state index in [0.29, 0.717) is 12.1 Å².